The molecule has 4 heteroatoms. The number of hydrogen-bond donors (Lipinski definition) is 2. The van der Waals surface area contributed by atoms with Crippen molar-refractivity contribution in [1.82, 2.24) is 10.6 Å². The molecule has 1 rings (SSSR count). The summed E-state index contributed by atoms with van der Waals surface area (Å²) in [7, 11) is 1.64. The highest BCUT2D eigenvalue weighted by Gasteiger charge is 2.13. The van der Waals surface area contributed by atoms with Crippen LogP contribution in [0.15, 0.2) is 24.3 Å². The number of ether oxygens (including phenoxy) is 1. The first-order valence-corrected chi connectivity index (χ1v) is 6.06. The van der Waals surface area contributed by atoms with E-state index in [0.29, 0.717) is 13.1 Å². The maximum Gasteiger partial charge on any atom is 0.234 e. The number of benzene rings is 1. The van der Waals surface area contributed by atoms with Gasteiger partial charge in [0.2, 0.25) is 5.91 Å². The molecule has 18 heavy (non-hydrogen) atoms. The molecule has 1 aromatic carbocycles. The van der Waals surface area contributed by atoms with E-state index < -0.39 is 0 Å². The summed E-state index contributed by atoms with van der Waals surface area (Å²) >= 11 is 0. The summed E-state index contributed by atoms with van der Waals surface area (Å²) in [4.78, 5) is 11.6. The van der Waals surface area contributed by atoms with E-state index in [2.05, 4.69) is 10.6 Å². The molecule has 0 radical (unpaired) electrons. The Morgan fingerprint density at radius 1 is 1.28 bits per heavy atom. The minimum Gasteiger partial charge on any atom is -0.496 e. The van der Waals surface area contributed by atoms with Crippen molar-refractivity contribution in [2.45, 2.75) is 32.9 Å². The number of rotatable bonds is 5. The fourth-order valence-corrected chi connectivity index (χ4v) is 1.62. The highest BCUT2D eigenvalue weighted by molar-refractivity contribution is 5.78. The summed E-state index contributed by atoms with van der Waals surface area (Å²) in [6.07, 6.45) is 0. The highest BCUT2D eigenvalue weighted by atomic mass is 16.5. The molecule has 4 nitrogen and oxygen atoms in total. The first-order valence-electron chi connectivity index (χ1n) is 6.06. The zero-order chi connectivity index (χ0) is 13.6. The highest BCUT2D eigenvalue weighted by Crippen LogP contribution is 2.16. The van der Waals surface area contributed by atoms with Gasteiger partial charge in [-0.1, -0.05) is 18.2 Å². The van der Waals surface area contributed by atoms with Gasteiger partial charge in [-0.3, -0.25) is 4.79 Å². The van der Waals surface area contributed by atoms with Crippen LogP contribution >= 0.6 is 0 Å². The molecule has 1 amide bonds. The second-order valence-electron chi connectivity index (χ2n) is 5.21. The monoisotopic (exact) mass is 250 g/mol. The standard InChI is InChI=1S/C14H22N2O2/c1-14(2,3)16-13(17)10-15-9-11-7-5-6-8-12(11)18-4/h5-8,15H,9-10H2,1-4H3,(H,16,17). The van der Waals surface area contributed by atoms with Crippen molar-refractivity contribution in [2.24, 2.45) is 0 Å². The second kappa shape index (κ2) is 6.40. The zero-order valence-corrected chi connectivity index (χ0v) is 11.5. The molecular formula is C14H22N2O2. The average Bonchev–Trinajstić information content (AvgIpc) is 2.27. The molecule has 0 saturated carbocycles. The van der Waals surface area contributed by atoms with Gasteiger partial charge in [0.15, 0.2) is 0 Å². The topological polar surface area (TPSA) is 50.4 Å². The van der Waals surface area contributed by atoms with Crippen molar-refractivity contribution in [3.63, 3.8) is 0 Å². The van der Waals surface area contributed by atoms with E-state index >= 15 is 0 Å². The molecule has 0 aliphatic carbocycles. The van der Waals surface area contributed by atoms with E-state index in [0.717, 1.165) is 11.3 Å². The zero-order valence-electron chi connectivity index (χ0n) is 11.5. The summed E-state index contributed by atoms with van der Waals surface area (Å²) in [5, 5.41) is 6.01. The summed E-state index contributed by atoms with van der Waals surface area (Å²) < 4.78 is 5.24. The van der Waals surface area contributed by atoms with Gasteiger partial charge in [-0.05, 0) is 26.8 Å². The number of nitrogens with one attached hydrogen (secondary N) is 2. The summed E-state index contributed by atoms with van der Waals surface area (Å²) in [6.45, 7) is 6.80. The maximum atomic E-state index is 11.6. The van der Waals surface area contributed by atoms with Gasteiger partial charge in [-0.25, -0.2) is 0 Å². The van der Waals surface area contributed by atoms with Crippen LogP contribution in [-0.4, -0.2) is 25.1 Å². The second-order valence-corrected chi connectivity index (χ2v) is 5.21. The lowest BCUT2D eigenvalue weighted by molar-refractivity contribution is -0.121. The van der Waals surface area contributed by atoms with Gasteiger partial charge in [0.25, 0.3) is 0 Å². The molecule has 0 unspecified atom stereocenters. The van der Waals surface area contributed by atoms with E-state index in [1.165, 1.54) is 0 Å². The number of carbonyl (C=O) groups is 1. The molecule has 0 aliphatic rings. The van der Waals surface area contributed by atoms with Crippen molar-refractivity contribution < 1.29 is 9.53 Å². The molecule has 0 fully saturated rings. The lowest BCUT2D eigenvalue weighted by Crippen LogP contribution is -2.44. The Kier molecular flexibility index (Phi) is 5.16. The van der Waals surface area contributed by atoms with Crippen LogP contribution in [0.5, 0.6) is 5.75 Å². The minimum atomic E-state index is -0.191. The lowest BCUT2D eigenvalue weighted by atomic mass is 10.1. The van der Waals surface area contributed by atoms with Crippen LogP contribution in [0.25, 0.3) is 0 Å². The van der Waals surface area contributed by atoms with Gasteiger partial charge in [0.05, 0.1) is 13.7 Å². The molecule has 100 valence electrons. The average molecular weight is 250 g/mol. The van der Waals surface area contributed by atoms with Gasteiger partial charge >= 0.3 is 0 Å². The Morgan fingerprint density at radius 2 is 1.94 bits per heavy atom. The molecule has 0 atom stereocenters. The van der Waals surface area contributed by atoms with Crippen molar-refractivity contribution >= 4 is 5.91 Å². The molecule has 0 aliphatic heterocycles. The van der Waals surface area contributed by atoms with E-state index in [9.17, 15) is 4.79 Å². The van der Waals surface area contributed by atoms with Gasteiger partial charge in [-0.2, -0.15) is 0 Å². The molecule has 0 aromatic heterocycles. The van der Waals surface area contributed by atoms with Gasteiger partial charge < -0.3 is 15.4 Å². The smallest absolute Gasteiger partial charge is 0.234 e. The van der Waals surface area contributed by atoms with Crippen molar-refractivity contribution in [1.29, 1.82) is 0 Å². The minimum absolute atomic E-state index is 0.00241. The van der Waals surface area contributed by atoms with Crippen LogP contribution in [0, 0.1) is 0 Å². The van der Waals surface area contributed by atoms with Crippen LogP contribution < -0.4 is 15.4 Å². The third kappa shape index (κ3) is 5.19. The predicted octanol–water partition coefficient (Wildman–Crippen LogP) is 1.70. The summed E-state index contributed by atoms with van der Waals surface area (Å²) in [5.74, 6) is 0.832. The van der Waals surface area contributed by atoms with Crippen molar-refractivity contribution in [3.8, 4) is 5.75 Å². The van der Waals surface area contributed by atoms with Gasteiger partial charge in [-0.15, -0.1) is 0 Å². The molecule has 0 spiro atoms. The van der Waals surface area contributed by atoms with Gasteiger partial charge in [0.1, 0.15) is 5.75 Å². The molecule has 1 aromatic rings. The van der Waals surface area contributed by atoms with E-state index in [-0.39, 0.29) is 11.4 Å². The maximum absolute atomic E-state index is 11.6. The fourth-order valence-electron chi connectivity index (χ4n) is 1.62. The predicted molar refractivity (Wildman–Crippen MR) is 72.6 cm³/mol. The quantitative estimate of drug-likeness (QED) is 0.836. The lowest BCUT2D eigenvalue weighted by Gasteiger charge is -2.20. The van der Waals surface area contributed by atoms with Crippen LogP contribution in [0.3, 0.4) is 0 Å². The Morgan fingerprint density at radius 3 is 2.56 bits per heavy atom. The Bertz CT molecular complexity index is 397. The number of para-hydroxylation sites is 1. The van der Waals surface area contributed by atoms with E-state index in [4.69, 9.17) is 4.74 Å². The molecule has 0 heterocycles. The molecular weight excluding hydrogens is 228 g/mol. The third-order valence-corrected chi connectivity index (χ3v) is 2.31. The Labute approximate surface area is 109 Å². The van der Waals surface area contributed by atoms with E-state index in [1.807, 2.05) is 45.0 Å². The SMILES string of the molecule is COc1ccccc1CNCC(=O)NC(C)(C)C. The molecule has 0 saturated heterocycles. The van der Waals surface area contributed by atoms with Gasteiger partial charge in [0, 0.05) is 17.6 Å². The largest absolute Gasteiger partial charge is 0.496 e. The Hall–Kier alpha value is -1.55. The molecule has 0 bridgehead atoms. The first kappa shape index (κ1) is 14.5. The van der Waals surface area contributed by atoms with E-state index in [1.54, 1.807) is 7.11 Å². The van der Waals surface area contributed by atoms with Crippen LogP contribution in [0.4, 0.5) is 0 Å². The normalized spacial score (nSPS) is 11.1. The van der Waals surface area contributed by atoms with Crippen LogP contribution in [-0.2, 0) is 11.3 Å². The number of carbonyl (C=O) groups excluding carboxylic acids is 1. The Balaban J connectivity index is 2.40. The third-order valence-electron chi connectivity index (χ3n) is 2.31. The van der Waals surface area contributed by atoms with Crippen LogP contribution in [0.1, 0.15) is 26.3 Å². The van der Waals surface area contributed by atoms with Crippen LogP contribution in [0.2, 0.25) is 0 Å². The fraction of sp³-hybridized carbons (Fsp3) is 0.500. The first-order chi connectivity index (χ1) is 8.42. The number of amides is 1. The molecule has 2 N–H and O–H groups in total. The van der Waals surface area contributed by atoms with Crippen molar-refractivity contribution in [2.75, 3.05) is 13.7 Å². The number of hydrogen-bond acceptors (Lipinski definition) is 3. The number of methoxy groups -OCH3 is 1. The van der Waals surface area contributed by atoms with Crippen molar-refractivity contribution in [3.05, 3.63) is 29.8 Å². The summed E-state index contributed by atoms with van der Waals surface area (Å²) in [6, 6.07) is 7.77. The summed E-state index contributed by atoms with van der Waals surface area (Å²) in [5.41, 5.74) is 0.854.